The first-order chi connectivity index (χ1) is 6.31. The van der Waals surface area contributed by atoms with E-state index >= 15 is 0 Å². The van der Waals surface area contributed by atoms with Gasteiger partial charge in [0.15, 0.2) is 0 Å². The molecule has 1 amide bonds. The molecule has 0 fully saturated rings. The Morgan fingerprint density at radius 1 is 1.36 bits per heavy atom. The summed E-state index contributed by atoms with van der Waals surface area (Å²) in [6.07, 6.45) is 2.86. The molecule has 4 heteroatoms. The van der Waals surface area contributed by atoms with E-state index in [1.165, 1.54) is 6.08 Å². The summed E-state index contributed by atoms with van der Waals surface area (Å²) in [4.78, 5) is 21.3. The Kier molecular flexibility index (Phi) is 4.91. The SMILES string of the molecule is CC(C)(C)CC(=O)NCC=CC(=O)O. The summed E-state index contributed by atoms with van der Waals surface area (Å²) < 4.78 is 0. The smallest absolute Gasteiger partial charge is 0.328 e. The average Bonchev–Trinajstić information content (AvgIpc) is 1.94. The van der Waals surface area contributed by atoms with Crippen LogP contribution in [0.3, 0.4) is 0 Å². The van der Waals surface area contributed by atoms with E-state index in [4.69, 9.17) is 5.11 Å². The maximum absolute atomic E-state index is 11.2. The van der Waals surface area contributed by atoms with Crippen molar-refractivity contribution in [3.63, 3.8) is 0 Å². The summed E-state index contributed by atoms with van der Waals surface area (Å²) in [5.74, 6) is -1.07. The van der Waals surface area contributed by atoms with Gasteiger partial charge in [-0.2, -0.15) is 0 Å². The number of nitrogens with one attached hydrogen (secondary N) is 1. The van der Waals surface area contributed by atoms with Gasteiger partial charge < -0.3 is 10.4 Å². The lowest BCUT2D eigenvalue weighted by Gasteiger charge is -2.16. The molecule has 0 aromatic carbocycles. The van der Waals surface area contributed by atoms with Gasteiger partial charge in [0.25, 0.3) is 0 Å². The minimum atomic E-state index is -1.00. The summed E-state index contributed by atoms with van der Waals surface area (Å²) in [6, 6.07) is 0. The maximum Gasteiger partial charge on any atom is 0.328 e. The molecule has 0 saturated carbocycles. The second kappa shape index (κ2) is 5.42. The lowest BCUT2D eigenvalue weighted by molar-refractivity contribution is -0.131. The Morgan fingerprint density at radius 3 is 2.36 bits per heavy atom. The van der Waals surface area contributed by atoms with Gasteiger partial charge in [-0.1, -0.05) is 26.8 Å². The zero-order valence-corrected chi connectivity index (χ0v) is 8.83. The van der Waals surface area contributed by atoms with Crippen molar-refractivity contribution >= 4 is 11.9 Å². The monoisotopic (exact) mass is 199 g/mol. The van der Waals surface area contributed by atoms with E-state index in [2.05, 4.69) is 5.32 Å². The molecule has 0 heterocycles. The summed E-state index contributed by atoms with van der Waals surface area (Å²) in [5.41, 5.74) is -0.0411. The highest BCUT2D eigenvalue weighted by molar-refractivity contribution is 5.80. The van der Waals surface area contributed by atoms with E-state index in [1.807, 2.05) is 20.8 Å². The number of carboxylic acids is 1. The first-order valence-corrected chi connectivity index (χ1v) is 4.47. The molecular weight excluding hydrogens is 182 g/mol. The highest BCUT2D eigenvalue weighted by atomic mass is 16.4. The number of aliphatic carboxylic acids is 1. The van der Waals surface area contributed by atoms with Crippen molar-refractivity contribution in [3.05, 3.63) is 12.2 Å². The summed E-state index contributed by atoms with van der Waals surface area (Å²) >= 11 is 0. The Hall–Kier alpha value is -1.32. The molecular formula is C10H17NO3. The van der Waals surface area contributed by atoms with Crippen LogP contribution in [0, 0.1) is 5.41 Å². The van der Waals surface area contributed by atoms with Gasteiger partial charge in [-0.05, 0) is 5.41 Å². The van der Waals surface area contributed by atoms with Crippen molar-refractivity contribution in [2.24, 2.45) is 5.41 Å². The molecule has 80 valence electrons. The second-order valence-corrected chi connectivity index (χ2v) is 4.28. The van der Waals surface area contributed by atoms with Crippen LogP contribution in [0.2, 0.25) is 0 Å². The number of hydrogen-bond donors (Lipinski definition) is 2. The first kappa shape index (κ1) is 12.7. The Labute approximate surface area is 84.0 Å². The predicted octanol–water partition coefficient (Wildman–Crippen LogP) is 1.18. The van der Waals surface area contributed by atoms with Gasteiger partial charge >= 0.3 is 5.97 Å². The van der Waals surface area contributed by atoms with Crippen LogP contribution in [0.25, 0.3) is 0 Å². The Balaban J connectivity index is 3.71. The number of hydrogen-bond acceptors (Lipinski definition) is 2. The van der Waals surface area contributed by atoms with Crippen LogP contribution in [0.15, 0.2) is 12.2 Å². The summed E-state index contributed by atoms with van der Waals surface area (Å²) in [5, 5.41) is 10.9. The molecule has 0 radical (unpaired) electrons. The van der Waals surface area contributed by atoms with E-state index in [0.717, 1.165) is 6.08 Å². The van der Waals surface area contributed by atoms with Crippen LogP contribution in [-0.2, 0) is 9.59 Å². The number of carbonyl (C=O) groups excluding carboxylic acids is 1. The Morgan fingerprint density at radius 2 is 1.93 bits per heavy atom. The van der Waals surface area contributed by atoms with Gasteiger partial charge in [-0.25, -0.2) is 4.79 Å². The zero-order valence-electron chi connectivity index (χ0n) is 8.83. The maximum atomic E-state index is 11.2. The minimum absolute atomic E-state index is 0.0411. The van der Waals surface area contributed by atoms with Crippen LogP contribution in [0.5, 0.6) is 0 Å². The number of carbonyl (C=O) groups is 2. The highest BCUT2D eigenvalue weighted by Crippen LogP contribution is 2.17. The van der Waals surface area contributed by atoms with Gasteiger partial charge in [0.2, 0.25) is 5.91 Å². The number of amides is 1. The van der Waals surface area contributed by atoms with Gasteiger partial charge in [-0.15, -0.1) is 0 Å². The third-order valence-corrected chi connectivity index (χ3v) is 1.37. The molecule has 0 unspecified atom stereocenters. The van der Waals surface area contributed by atoms with Gasteiger partial charge in [-0.3, -0.25) is 4.79 Å². The third-order valence-electron chi connectivity index (χ3n) is 1.37. The molecule has 0 aromatic rings. The molecule has 0 aliphatic heterocycles. The van der Waals surface area contributed by atoms with Crippen molar-refractivity contribution in [3.8, 4) is 0 Å². The molecule has 0 atom stereocenters. The minimum Gasteiger partial charge on any atom is -0.478 e. The quantitative estimate of drug-likeness (QED) is 0.668. The second-order valence-electron chi connectivity index (χ2n) is 4.28. The van der Waals surface area contributed by atoms with Crippen LogP contribution in [0.1, 0.15) is 27.2 Å². The molecule has 0 rings (SSSR count). The van der Waals surface area contributed by atoms with Crippen LogP contribution >= 0.6 is 0 Å². The standard InChI is InChI=1S/C10H17NO3/c1-10(2,3)7-8(12)11-6-4-5-9(13)14/h4-5H,6-7H2,1-3H3,(H,11,12)(H,13,14). The van der Waals surface area contributed by atoms with E-state index in [-0.39, 0.29) is 17.9 Å². The molecule has 0 spiro atoms. The molecule has 2 N–H and O–H groups in total. The van der Waals surface area contributed by atoms with E-state index in [0.29, 0.717) is 6.42 Å². The van der Waals surface area contributed by atoms with Gasteiger partial charge in [0, 0.05) is 19.0 Å². The number of carboxylic acid groups (broad SMARTS) is 1. The highest BCUT2D eigenvalue weighted by Gasteiger charge is 2.14. The largest absolute Gasteiger partial charge is 0.478 e. The molecule has 14 heavy (non-hydrogen) atoms. The number of rotatable bonds is 4. The van der Waals surface area contributed by atoms with Gasteiger partial charge in [0.05, 0.1) is 0 Å². The lowest BCUT2D eigenvalue weighted by Crippen LogP contribution is -2.27. The fourth-order valence-corrected chi connectivity index (χ4v) is 0.877. The van der Waals surface area contributed by atoms with Crippen molar-refractivity contribution in [2.45, 2.75) is 27.2 Å². The topological polar surface area (TPSA) is 66.4 Å². The van der Waals surface area contributed by atoms with Crippen LogP contribution in [0.4, 0.5) is 0 Å². The van der Waals surface area contributed by atoms with Crippen LogP contribution in [-0.4, -0.2) is 23.5 Å². The lowest BCUT2D eigenvalue weighted by atomic mass is 9.92. The van der Waals surface area contributed by atoms with Crippen molar-refractivity contribution in [1.29, 1.82) is 0 Å². The summed E-state index contributed by atoms with van der Waals surface area (Å²) in [6.45, 7) is 6.18. The molecule has 0 aromatic heterocycles. The fourth-order valence-electron chi connectivity index (χ4n) is 0.877. The molecule has 0 aliphatic rings. The zero-order chi connectivity index (χ0) is 11.2. The molecule has 4 nitrogen and oxygen atoms in total. The van der Waals surface area contributed by atoms with E-state index < -0.39 is 5.97 Å². The first-order valence-electron chi connectivity index (χ1n) is 4.47. The molecule has 0 bridgehead atoms. The van der Waals surface area contributed by atoms with E-state index in [9.17, 15) is 9.59 Å². The fraction of sp³-hybridized carbons (Fsp3) is 0.600. The normalized spacial score (nSPS) is 11.6. The third kappa shape index (κ3) is 8.77. The van der Waals surface area contributed by atoms with E-state index in [1.54, 1.807) is 0 Å². The van der Waals surface area contributed by atoms with Crippen molar-refractivity contribution in [2.75, 3.05) is 6.54 Å². The van der Waals surface area contributed by atoms with Crippen molar-refractivity contribution < 1.29 is 14.7 Å². The average molecular weight is 199 g/mol. The molecule has 0 aliphatic carbocycles. The van der Waals surface area contributed by atoms with Crippen LogP contribution < -0.4 is 5.32 Å². The Bertz CT molecular complexity index is 238. The van der Waals surface area contributed by atoms with Gasteiger partial charge in [0.1, 0.15) is 0 Å². The predicted molar refractivity (Wildman–Crippen MR) is 53.9 cm³/mol. The molecule has 0 saturated heterocycles. The van der Waals surface area contributed by atoms with Crippen molar-refractivity contribution in [1.82, 2.24) is 5.32 Å². The summed E-state index contributed by atoms with van der Waals surface area (Å²) in [7, 11) is 0.